The lowest BCUT2D eigenvalue weighted by atomic mass is 10.1. The Morgan fingerprint density at radius 1 is 1.46 bits per heavy atom. The number of hydrogen-bond acceptors (Lipinski definition) is 1. The molecule has 13 heavy (non-hydrogen) atoms. The molecule has 0 aliphatic rings. The summed E-state index contributed by atoms with van der Waals surface area (Å²) in [5, 5.41) is 10.8. The first-order valence-electron chi connectivity index (χ1n) is 4.63. The fourth-order valence-electron chi connectivity index (χ4n) is 1.15. The number of hydrogen-bond donors (Lipinski definition) is 2. The van der Waals surface area contributed by atoms with Crippen molar-refractivity contribution in [2.45, 2.75) is 20.3 Å². The van der Waals surface area contributed by atoms with Gasteiger partial charge < -0.3 is 5.32 Å². The van der Waals surface area contributed by atoms with Crippen LogP contribution in [0.25, 0.3) is 0 Å². The molecule has 0 atom stereocenters. The molecule has 0 unspecified atom stereocenters. The van der Waals surface area contributed by atoms with E-state index in [1.165, 1.54) is 5.56 Å². The third-order valence-electron chi connectivity index (χ3n) is 1.86. The van der Waals surface area contributed by atoms with Gasteiger partial charge in [0.2, 0.25) is 0 Å². The van der Waals surface area contributed by atoms with Crippen molar-refractivity contribution in [2.75, 3.05) is 6.54 Å². The average Bonchev–Trinajstić information content (AvgIpc) is 2.14. The van der Waals surface area contributed by atoms with Crippen molar-refractivity contribution in [3.05, 3.63) is 35.4 Å². The van der Waals surface area contributed by atoms with Gasteiger partial charge in [-0.15, -0.1) is 0 Å². The largest absolute Gasteiger partial charge is 0.370 e. The van der Waals surface area contributed by atoms with E-state index in [-0.39, 0.29) is 0 Å². The van der Waals surface area contributed by atoms with Gasteiger partial charge >= 0.3 is 0 Å². The molecule has 1 aromatic rings. The topological polar surface area (TPSA) is 35.9 Å². The maximum Gasteiger partial charge on any atom is 0.125 e. The SMILES string of the molecule is CCCNC(=N)c1cccc(C)c1. The van der Waals surface area contributed by atoms with Crippen LogP contribution in [0.2, 0.25) is 0 Å². The highest BCUT2D eigenvalue weighted by Gasteiger charge is 1.98. The van der Waals surface area contributed by atoms with Crippen molar-refractivity contribution in [1.29, 1.82) is 5.41 Å². The third kappa shape index (κ3) is 2.90. The van der Waals surface area contributed by atoms with Gasteiger partial charge in [-0.05, 0) is 19.4 Å². The van der Waals surface area contributed by atoms with Crippen molar-refractivity contribution >= 4 is 5.84 Å². The molecule has 0 saturated heterocycles. The maximum atomic E-state index is 7.72. The van der Waals surface area contributed by atoms with E-state index < -0.39 is 0 Å². The van der Waals surface area contributed by atoms with Crippen molar-refractivity contribution < 1.29 is 0 Å². The fraction of sp³-hybridized carbons (Fsp3) is 0.364. The zero-order valence-electron chi connectivity index (χ0n) is 8.22. The molecule has 1 aromatic carbocycles. The minimum absolute atomic E-state index is 0.519. The number of benzene rings is 1. The van der Waals surface area contributed by atoms with Crippen LogP contribution in [0.5, 0.6) is 0 Å². The van der Waals surface area contributed by atoms with E-state index in [1.54, 1.807) is 0 Å². The first-order chi connectivity index (χ1) is 6.24. The molecule has 0 aliphatic heterocycles. The molecule has 2 heteroatoms. The van der Waals surface area contributed by atoms with Crippen molar-refractivity contribution in [3.8, 4) is 0 Å². The Morgan fingerprint density at radius 2 is 2.23 bits per heavy atom. The monoisotopic (exact) mass is 176 g/mol. The summed E-state index contributed by atoms with van der Waals surface area (Å²) in [4.78, 5) is 0. The van der Waals surface area contributed by atoms with Gasteiger partial charge in [-0.2, -0.15) is 0 Å². The Kier molecular flexibility index (Phi) is 3.50. The molecule has 0 fully saturated rings. The molecule has 0 aromatic heterocycles. The fourth-order valence-corrected chi connectivity index (χ4v) is 1.15. The Hall–Kier alpha value is -1.31. The molecule has 0 bridgehead atoms. The van der Waals surface area contributed by atoms with Crippen LogP contribution >= 0.6 is 0 Å². The van der Waals surface area contributed by atoms with Crippen molar-refractivity contribution in [3.63, 3.8) is 0 Å². The average molecular weight is 176 g/mol. The summed E-state index contributed by atoms with van der Waals surface area (Å²) in [5.74, 6) is 0.519. The normalized spacial score (nSPS) is 9.69. The van der Waals surface area contributed by atoms with Gasteiger partial charge in [0.05, 0.1) is 0 Å². The minimum Gasteiger partial charge on any atom is -0.370 e. The molecule has 0 saturated carbocycles. The minimum atomic E-state index is 0.519. The predicted octanol–water partition coefficient (Wildman–Crippen LogP) is 2.32. The summed E-state index contributed by atoms with van der Waals surface area (Å²) in [5.41, 5.74) is 2.16. The Morgan fingerprint density at radius 3 is 2.85 bits per heavy atom. The smallest absolute Gasteiger partial charge is 0.125 e. The van der Waals surface area contributed by atoms with Crippen LogP contribution in [0.3, 0.4) is 0 Å². The van der Waals surface area contributed by atoms with Crippen molar-refractivity contribution in [1.82, 2.24) is 5.32 Å². The molecule has 0 radical (unpaired) electrons. The van der Waals surface area contributed by atoms with Crippen LogP contribution in [0, 0.1) is 12.3 Å². The van der Waals surface area contributed by atoms with Gasteiger partial charge in [-0.1, -0.05) is 30.7 Å². The van der Waals surface area contributed by atoms with E-state index in [4.69, 9.17) is 5.41 Å². The van der Waals surface area contributed by atoms with Crippen LogP contribution in [-0.4, -0.2) is 12.4 Å². The highest BCUT2D eigenvalue weighted by Crippen LogP contribution is 2.03. The number of amidine groups is 1. The zero-order valence-corrected chi connectivity index (χ0v) is 8.22. The lowest BCUT2D eigenvalue weighted by Gasteiger charge is -2.06. The Bertz CT molecular complexity index is 292. The van der Waals surface area contributed by atoms with Crippen LogP contribution in [0.15, 0.2) is 24.3 Å². The van der Waals surface area contributed by atoms with E-state index in [0.29, 0.717) is 5.84 Å². The summed E-state index contributed by atoms with van der Waals surface area (Å²) in [6, 6.07) is 7.99. The van der Waals surface area contributed by atoms with Gasteiger partial charge in [-0.25, -0.2) is 0 Å². The first kappa shape index (κ1) is 9.78. The lowest BCUT2D eigenvalue weighted by Crippen LogP contribution is -2.23. The zero-order chi connectivity index (χ0) is 9.68. The second-order valence-corrected chi connectivity index (χ2v) is 3.17. The number of nitrogens with one attached hydrogen (secondary N) is 2. The van der Waals surface area contributed by atoms with E-state index in [0.717, 1.165) is 18.5 Å². The summed E-state index contributed by atoms with van der Waals surface area (Å²) >= 11 is 0. The van der Waals surface area contributed by atoms with Gasteiger partial charge in [0.1, 0.15) is 5.84 Å². The molecular formula is C11H16N2. The quantitative estimate of drug-likeness (QED) is 0.538. The molecule has 0 aliphatic carbocycles. The first-order valence-corrected chi connectivity index (χ1v) is 4.63. The van der Waals surface area contributed by atoms with Gasteiger partial charge in [0, 0.05) is 12.1 Å². The highest BCUT2D eigenvalue weighted by atomic mass is 14.9. The van der Waals surface area contributed by atoms with Crippen LogP contribution < -0.4 is 5.32 Å². The van der Waals surface area contributed by atoms with Crippen LogP contribution in [0.1, 0.15) is 24.5 Å². The number of rotatable bonds is 3. The van der Waals surface area contributed by atoms with Gasteiger partial charge in [-0.3, -0.25) is 5.41 Å². The maximum absolute atomic E-state index is 7.72. The predicted molar refractivity (Wildman–Crippen MR) is 56.3 cm³/mol. The summed E-state index contributed by atoms with van der Waals surface area (Å²) in [6.07, 6.45) is 1.05. The van der Waals surface area contributed by atoms with E-state index in [2.05, 4.69) is 12.2 Å². The molecule has 70 valence electrons. The molecule has 1 rings (SSSR count). The summed E-state index contributed by atoms with van der Waals surface area (Å²) < 4.78 is 0. The van der Waals surface area contributed by atoms with Crippen LogP contribution in [0.4, 0.5) is 0 Å². The van der Waals surface area contributed by atoms with Crippen LogP contribution in [-0.2, 0) is 0 Å². The Labute approximate surface area is 79.5 Å². The highest BCUT2D eigenvalue weighted by molar-refractivity contribution is 5.96. The van der Waals surface area contributed by atoms with E-state index in [1.807, 2.05) is 31.2 Å². The molecule has 0 heterocycles. The van der Waals surface area contributed by atoms with Crippen molar-refractivity contribution in [2.24, 2.45) is 0 Å². The lowest BCUT2D eigenvalue weighted by molar-refractivity contribution is 0.836. The van der Waals surface area contributed by atoms with Gasteiger partial charge in [0.15, 0.2) is 0 Å². The van der Waals surface area contributed by atoms with E-state index in [9.17, 15) is 0 Å². The van der Waals surface area contributed by atoms with E-state index >= 15 is 0 Å². The molecule has 2 nitrogen and oxygen atoms in total. The molecule has 2 N–H and O–H groups in total. The summed E-state index contributed by atoms with van der Waals surface area (Å²) in [7, 11) is 0. The summed E-state index contributed by atoms with van der Waals surface area (Å²) in [6.45, 7) is 5.00. The number of aryl methyl sites for hydroxylation is 1. The molecule has 0 amide bonds. The molecule has 0 spiro atoms. The second-order valence-electron chi connectivity index (χ2n) is 3.17. The molecular weight excluding hydrogens is 160 g/mol. The third-order valence-corrected chi connectivity index (χ3v) is 1.86. The Balaban J connectivity index is 2.66. The van der Waals surface area contributed by atoms with Gasteiger partial charge in [0.25, 0.3) is 0 Å². The standard InChI is InChI=1S/C11H16N2/c1-3-7-13-11(12)10-6-4-5-9(2)8-10/h4-6,8H,3,7H2,1-2H3,(H2,12,13). The second kappa shape index (κ2) is 4.65.